The van der Waals surface area contributed by atoms with Crippen molar-refractivity contribution in [2.45, 2.75) is 11.8 Å². The number of anilines is 1. The van der Waals surface area contributed by atoms with Crippen molar-refractivity contribution >= 4 is 51.0 Å². The molecule has 31 heavy (non-hydrogen) atoms. The van der Waals surface area contributed by atoms with Crippen LogP contribution in [-0.4, -0.2) is 27.1 Å². The van der Waals surface area contributed by atoms with Gasteiger partial charge < -0.3 is 0 Å². The average Bonchev–Trinajstić information content (AvgIpc) is 2.75. The molecular formula is C22H19Cl2N3O3S. The van der Waals surface area contributed by atoms with Gasteiger partial charge in [0.25, 0.3) is 15.9 Å². The number of carbonyl (C=O) groups is 1. The molecule has 0 unspecified atom stereocenters. The molecule has 0 fully saturated rings. The standard InChI is InChI=1S/C22H19Cl2N3O3S/c1-16-6-5-7-18(12-16)27(31(29,30)19-8-3-2-4-9-19)15-22(28)26-25-14-17-10-11-20(23)21(24)13-17/h2-14H,15H2,1H3,(H,26,28)/b25-14-. The van der Waals surface area contributed by atoms with Crippen molar-refractivity contribution in [2.24, 2.45) is 5.10 Å². The first-order chi connectivity index (χ1) is 14.8. The Balaban J connectivity index is 1.82. The summed E-state index contributed by atoms with van der Waals surface area (Å²) in [6.07, 6.45) is 1.39. The molecule has 6 nitrogen and oxygen atoms in total. The highest BCUT2D eigenvalue weighted by molar-refractivity contribution is 7.92. The van der Waals surface area contributed by atoms with Crippen LogP contribution in [0.1, 0.15) is 11.1 Å². The third-order valence-electron chi connectivity index (χ3n) is 4.25. The van der Waals surface area contributed by atoms with Crippen molar-refractivity contribution in [3.63, 3.8) is 0 Å². The molecule has 1 amide bonds. The van der Waals surface area contributed by atoms with Gasteiger partial charge in [-0.25, -0.2) is 13.8 Å². The summed E-state index contributed by atoms with van der Waals surface area (Å²) in [6.45, 7) is 1.40. The summed E-state index contributed by atoms with van der Waals surface area (Å²) >= 11 is 11.8. The van der Waals surface area contributed by atoms with Gasteiger partial charge in [0, 0.05) is 0 Å². The van der Waals surface area contributed by atoms with Gasteiger partial charge in [-0.15, -0.1) is 0 Å². The number of carbonyl (C=O) groups excluding carboxylic acids is 1. The number of aryl methyl sites for hydroxylation is 1. The molecule has 1 N–H and O–H groups in total. The minimum atomic E-state index is -3.97. The Bertz CT molecular complexity index is 1220. The van der Waals surface area contributed by atoms with Crippen molar-refractivity contribution in [1.82, 2.24) is 5.43 Å². The minimum Gasteiger partial charge on any atom is -0.271 e. The summed E-state index contributed by atoms with van der Waals surface area (Å²) in [4.78, 5) is 12.6. The number of rotatable bonds is 7. The first-order valence-corrected chi connectivity index (χ1v) is 11.4. The lowest BCUT2D eigenvalue weighted by Gasteiger charge is -2.24. The summed E-state index contributed by atoms with van der Waals surface area (Å²) in [5, 5.41) is 4.65. The summed E-state index contributed by atoms with van der Waals surface area (Å²) in [6, 6.07) is 19.8. The van der Waals surface area contributed by atoms with Gasteiger partial charge in [-0.05, 0) is 54.4 Å². The van der Waals surface area contributed by atoms with Crippen LogP contribution in [0.5, 0.6) is 0 Å². The fourth-order valence-electron chi connectivity index (χ4n) is 2.76. The van der Waals surface area contributed by atoms with Gasteiger partial charge in [0.2, 0.25) is 0 Å². The number of hydrazone groups is 1. The summed E-state index contributed by atoms with van der Waals surface area (Å²) in [7, 11) is -3.97. The van der Waals surface area contributed by atoms with Gasteiger partial charge in [0.15, 0.2) is 0 Å². The van der Waals surface area contributed by atoms with E-state index in [0.29, 0.717) is 21.3 Å². The number of hydrogen-bond acceptors (Lipinski definition) is 4. The van der Waals surface area contributed by atoms with Crippen molar-refractivity contribution in [1.29, 1.82) is 0 Å². The molecule has 0 aliphatic heterocycles. The second-order valence-electron chi connectivity index (χ2n) is 6.63. The average molecular weight is 476 g/mol. The largest absolute Gasteiger partial charge is 0.271 e. The second kappa shape index (κ2) is 9.96. The van der Waals surface area contributed by atoms with Crippen LogP contribution in [0.4, 0.5) is 5.69 Å². The quantitative estimate of drug-likeness (QED) is 0.399. The Morgan fingerprint density at radius 3 is 2.42 bits per heavy atom. The lowest BCUT2D eigenvalue weighted by Crippen LogP contribution is -2.39. The lowest BCUT2D eigenvalue weighted by atomic mass is 10.2. The second-order valence-corrected chi connectivity index (χ2v) is 9.31. The molecular weight excluding hydrogens is 457 g/mol. The Hall–Kier alpha value is -2.87. The molecule has 0 saturated carbocycles. The number of benzene rings is 3. The fraction of sp³-hybridized carbons (Fsp3) is 0.0909. The number of amides is 1. The first kappa shape index (κ1) is 22.8. The molecule has 0 heterocycles. The molecule has 160 valence electrons. The van der Waals surface area contributed by atoms with Gasteiger partial charge >= 0.3 is 0 Å². The molecule has 0 aliphatic carbocycles. The van der Waals surface area contributed by atoms with Gasteiger partial charge in [0.1, 0.15) is 6.54 Å². The van der Waals surface area contributed by atoms with Crippen molar-refractivity contribution in [2.75, 3.05) is 10.8 Å². The zero-order valence-corrected chi connectivity index (χ0v) is 18.8. The number of hydrogen-bond donors (Lipinski definition) is 1. The molecule has 0 spiro atoms. The molecule has 0 bridgehead atoms. The highest BCUT2D eigenvalue weighted by Gasteiger charge is 2.27. The zero-order chi connectivity index (χ0) is 22.4. The SMILES string of the molecule is Cc1cccc(N(CC(=O)N/N=C\c2ccc(Cl)c(Cl)c2)S(=O)(=O)c2ccccc2)c1. The van der Waals surface area contributed by atoms with E-state index in [2.05, 4.69) is 10.5 Å². The van der Waals surface area contributed by atoms with Crippen LogP contribution in [0.25, 0.3) is 0 Å². The van der Waals surface area contributed by atoms with E-state index < -0.39 is 22.5 Å². The molecule has 0 atom stereocenters. The Morgan fingerprint density at radius 1 is 1.00 bits per heavy atom. The minimum absolute atomic E-state index is 0.0867. The van der Waals surface area contributed by atoms with E-state index in [1.54, 1.807) is 54.6 Å². The van der Waals surface area contributed by atoms with Gasteiger partial charge in [0.05, 0.1) is 26.8 Å². The smallest absolute Gasteiger partial charge is 0.264 e. The summed E-state index contributed by atoms with van der Waals surface area (Å²) in [5.41, 5.74) is 4.23. The third-order valence-corrected chi connectivity index (χ3v) is 6.78. The topological polar surface area (TPSA) is 78.8 Å². The third kappa shape index (κ3) is 5.85. The lowest BCUT2D eigenvalue weighted by molar-refractivity contribution is -0.119. The van der Waals surface area contributed by atoms with Crippen LogP contribution in [0, 0.1) is 6.92 Å². The zero-order valence-electron chi connectivity index (χ0n) is 16.5. The van der Waals surface area contributed by atoms with Crippen LogP contribution in [0.3, 0.4) is 0 Å². The Kier molecular flexibility index (Phi) is 7.33. The Labute approximate surface area is 191 Å². The summed E-state index contributed by atoms with van der Waals surface area (Å²) in [5.74, 6) is -0.600. The normalized spacial score (nSPS) is 11.5. The van der Waals surface area contributed by atoms with Gasteiger partial charge in [-0.2, -0.15) is 5.10 Å². The monoisotopic (exact) mass is 475 g/mol. The predicted molar refractivity (Wildman–Crippen MR) is 124 cm³/mol. The predicted octanol–water partition coefficient (Wildman–Crippen LogP) is 4.65. The summed E-state index contributed by atoms with van der Waals surface area (Å²) < 4.78 is 27.5. The molecule has 0 aliphatic rings. The van der Waals surface area contributed by atoms with Crippen molar-refractivity contribution in [3.8, 4) is 0 Å². The maximum absolute atomic E-state index is 13.2. The highest BCUT2D eigenvalue weighted by atomic mass is 35.5. The fourth-order valence-corrected chi connectivity index (χ4v) is 4.50. The van der Waals surface area contributed by atoms with Gasteiger partial charge in [-0.3, -0.25) is 9.10 Å². The van der Waals surface area contributed by atoms with Crippen LogP contribution in [0.2, 0.25) is 10.0 Å². The Morgan fingerprint density at radius 2 is 1.74 bits per heavy atom. The van der Waals surface area contributed by atoms with Crippen LogP contribution in [0.15, 0.2) is 82.8 Å². The maximum atomic E-state index is 13.2. The van der Waals surface area contributed by atoms with Crippen LogP contribution < -0.4 is 9.73 Å². The first-order valence-electron chi connectivity index (χ1n) is 9.19. The van der Waals surface area contributed by atoms with Crippen molar-refractivity contribution < 1.29 is 13.2 Å². The maximum Gasteiger partial charge on any atom is 0.264 e. The van der Waals surface area contributed by atoms with E-state index in [-0.39, 0.29) is 4.90 Å². The van der Waals surface area contributed by atoms with Crippen LogP contribution in [-0.2, 0) is 14.8 Å². The number of nitrogens with zero attached hydrogens (tertiary/aromatic N) is 2. The molecule has 3 aromatic rings. The number of sulfonamides is 1. The molecule has 9 heteroatoms. The van der Waals surface area contributed by atoms with E-state index in [1.807, 2.05) is 13.0 Å². The number of halogens is 2. The molecule has 0 radical (unpaired) electrons. The van der Waals surface area contributed by atoms with Gasteiger partial charge in [-0.1, -0.05) is 59.6 Å². The molecule has 0 saturated heterocycles. The van der Waals surface area contributed by atoms with E-state index in [1.165, 1.54) is 18.3 Å². The van der Waals surface area contributed by atoms with E-state index in [0.717, 1.165) is 9.87 Å². The van der Waals surface area contributed by atoms with E-state index in [4.69, 9.17) is 23.2 Å². The molecule has 3 rings (SSSR count). The van der Waals surface area contributed by atoms with E-state index >= 15 is 0 Å². The highest BCUT2D eigenvalue weighted by Crippen LogP contribution is 2.24. The molecule has 3 aromatic carbocycles. The van der Waals surface area contributed by atoms with E-state index in [9.17, 15) is 13.2 Å². The van der Waals surface area contributed by atoms with Crippen molar-refractivity contribution in [3.05, 3.63) is 94.0 Å². The van der Waals surface area contributed by atoms with Crippen LogP contribution >= 0.6 is 23.2 Å². The number of nitrogens with one attached hydrogen (secondary N) is 1. The molecule has 0 aromatic heterocycles.